The Morgan fingerprint density at radius 3 is 2.41 bits per heavy atom. The van der Waals surface area contributed by atoms with Gasteiger partial charge in [-0.1, -0.05) is 48.5 Å². The van der Waals surface area contributed by atoms with E-state index in [-0.39, 0.29) is 5.91 Å². The van der Waals surface area contributed by atoms with Gasteiger partial charge in [-0.2, -0.15) is 0 Å². The Balaban J connectivity index is 1.87. The van der Waals surface area contributed by atoms with Crippen LogP contribution in [-0.4, -0.2) is 13.0 Å². The number of amides is 1. The zero-order valence-electron chi connectivity index (χ0n) is 12.6. The summed E-state index contributed by atoms with van der Waals surface area (Å²) in [5, 5.41) is 2.03. The molecule has 0 spiro atoms. The van der Waals surface area contributed by atoms with Gasteiger partial charge in [-0.3, -0.25) is 4.79 Å². The Kier molecular flexibility index (Phi) is 4.07. The largest absolute Gasteiger partial charge is 0.311 e. The highest BCUT2D eigenvalue weighted by Crippen LogP contribution is 2.31. The van der Waals surface area contributed by atoms with E-state index in [1.165, 1.54) is 10.4 Å². The maximum Gasteiger partial charge on any atom is 0.258 e. The Morgan fingerprint density at radius 2 is 1.68 bits per heavy atom. The summed E-state index contributed by atoms with van der Waals surface area (Å²) in [6.45, 7) is 1.96. The van der Waals surface area contributed by atoms with Crippen molar-refractivity contribution in [3.05, 3.63) is 77.2 Å². The quantitative estimate of drug-likeness (QED) is 0.667. The van der Waals surface area contributed by atoms with Gasteiger partial charge >= 0.3 is 0 Å². The van der Waals surface area contributed by atoms with Gasteiger partial charge in [0.25, 0.3) is 5.91 Å². The van der Waals surface area contributed by atoms with Crippen LogP contribution < -0.4 is 4.90 Å². The van der Waals surface area contributed by atoms with Crippen LogP contribution >= 0.6 is 11.3 Å². The number of carbonyl (C=O) groups excluding carboxylic acids is 1. The lowest BCUT2D eigenvalue weighted by atomic mass is 10.1. The molecule has 3 aromatic rings. The van der Waals surface area contributed by atoms with Crippen LogP contribution in [0.25, 0.3) is 10.4 Å². The van der Waals surface area contributed by atoms with Crippen molar-refractivity contribution < 1.29 is 4.79 Å². The van der Waals surface area contributed by atoms with Crippen LogP contribution in [0.5, 0.6) is 0 Å². The summed E-state index contributed by atoms with van der Waals surface area (Å²) in [6, 6.07) is 20.0. The molecule has 0 aliphatic rings. The number of thiophene rings is 1. The molecule has 110 valence electrons. The van der Waals surface area contributed by atoms with Gasteiger partial charge < -0.3 is 4.90 Å². The van der Waals surface area contributed by atoms with Crippen LogP contribution in [0, 0.1) is 6.92 Å². The minimum Gasteiger partial charge on any atom is -0.311 e. The smallest absolute Gasteiger partial charge is 0.258 e. The number of rotatable bonds is 3. The van der Waals surface area contributed by atoms with Gasteiger partial charge in [0.1, 0.15) is 0 Å². The van der Waals surface area contributed by atoms with Crippen LogP contribution in [0.3, 0.4) is 0 Å². The Labute approximate surface area is 134 Å². The van der Waals surface area contributed by atoms with Crippen LogP contribution in [0.15, 0.2) is 66.0 Å². The van der Waals surface area contributed by atoms with Gasteiger partial charge in [-0.05, 0) is 30.2 Å². The van der Waals surface area contributed by atoms with Gasteiger partial charge in [0.2, 0.25) is 0 Å². The molecule has 0 aliphatic heterocycles. The highest BCUT2D eigenvalue weighted by atomic mass is 32.1. The molecule has 2 aromatic carbocycles. The maximum absolute atomic E-state index is 12.6. The first kappa shape index (κ1) is 14.5. The predicted octanol–water partition coefficient (Wildman–Crippen LogP) is 5.00. The van der Waals surface area contributed by atoms with Crippen molar-refractivity contribution >= 4 is 22.9 Å². The van der Waals surface area contributed by atoms with E-state index in [2.05, 4.69) is 18.2 Å². The topological polar surface area (TPSA) is 20.3 Å². The lowest BCUT2D eigenvalue weighted by Gasteiger charge is -2.16. The molecule has 1 heterocycles. The minimum absolute atomic E-state index is 0.0236. The number of anilines is 1. The highest BCUT2D eigenvalue weighted by Gasteiger charge is 2.16. The monoisotopic (exact) mass is 307 g/mol. The van der Waals surface area contributed by atoms with E-state index in [0.717, 1.165) is 16.8 Å². The lowest BCUT2D eigenvalue weighted by molar-refractivity contribution is 0.0992. The van der Waals surface area contributed by atoms with E-state index < -0.39 is 0 Å². The summed E-state index contributed by atoms with van der Waals surface area (Å²) >= 11 is 1.65. The Morgan fingerprint density at radius 1 is 1.00 bits per heavy atom. The summed E-state index contributed by atoms with van der Waals surface area (Å²) in [6.07, 6.45) is 0. The third-order valence-corrected chi connectivity index (χ3v) is 4.68. The number of hydrogen-bond acceptors (Lipinski definition) is 2. The SMILES string of the molecule is Cc1ccccc1C(=O)N(C)c1csc(-c2ccccc2)c1. The first-order chi connectivity index (χ1) is 10.7. The van der Waals surface area contributed by atoms with Gasteiger partial charge in [0, 0.05) is 22.9 Å². The third-order valence-electron chi connectivity index (χ3n) is 3.71. The molecule has 0 unspecified atom stereocenters. The Bertz CT molecular complexity index is 792. The summed E-state index contributed by atoms with van der Waals surface area (Å²) in [5.74, 6) is 0.0236. The Hall–Kier alpha value is -2.39. The van der Waals surface area contributed by atoms with E-state index in [9.17, 15) is 4.79 Å². The minimum atomic E-state index is 0.0236. The van der Waals surface area contributed by atoms with Crippen molar-refractivity contribution in [2.24, 2.45) is 0 Å². The fraction of sp³-hybridized carbons (Fsp3) is 0.105. The zero-order valence-corrected chi connectivity index (χ0v) is 13.4. The second-order valence-corrected chi connectivity index (χ2v) is 6.13. The molecule has 0 atom stereocenters. The first-order valence-corrected chi connectivity index (χ1v) is 8.02. The molecule has 2 nitrogen and oxygen atoms in total. The number of nitrogens with zero attached hydrogens (tertiary/aromatic N) is 1. The third kappa shape index (κ3) is 2.81. The van der Waals surface area contributed by atoms with Crippen LogP contribution in [0.2, 0.25) is 0 Å². The summed E-state index contributed by atoms with van der Waals surface area (Å²) < 4.78 is 0. The molecule has 3 rings (SSSR count). The molecule has 1 amide bonds. The number of hydrogen-bond donors (Lipinski definition) is 0. The van der Waals surface area contributed by atoms with E-state index in [1.807, 2.05) is 61.8 Å². The van der Waals surface area contributed by atoms with Gasteiger partial charge in [0.05, 0.1) is 5.69 Å². The second kappa shape index (κ2) is 6.16. The van der Waals surface area contributed by atoms with Crippen molar-refractivity contribution in [3.63, 3.8) is 0 Å². The number of carbonyl (C=O) groups is 1. The normalized spacial score (nSPS) is 10.5. The average molecular weight is 307 g/mol. The fourth-order valence-electron chi connectivity index (χ4n) is 2.37. The fourth-order valence-corrected chi connectivity index (χ4v) is 3.30. The van der Waals surface area contributed by atoms with E-state index in [4.69, 9.17) is 0 Å². The molecule has 22 heavy (non-hydrogen) atoms. The molecule has 0 bridgehead atoms. The van der Waals surface area contributed by atoms with Gasteiger partial charge in [0.15, 0.2) is 0 Å². The molecular formula is C19H17NOS. The van der Waals surface area contributed by atoms with Crippen LogP contribution in [0.1, 0.15) is 15.9 Å². The maximum atomic E-state index is 12.6. The van der Waals surface area contributed by atoms with Crippen molar-refractivity contribution in [3.8, 4) is 10.4 Å². The van der Waals surface area contributed by atoms with Crippen molar-refractivity contribution in [1.82, 2.24) is 0 Å². The van der Waals surface area contributed by atoms with Crippen molar-refractivity contribution in [2.45, 2.75) is 6.92 Å². The average Bonchev–Trinajstić information content (AvgIpc) is 3.05. The molecule has 0 fully saturated rings. The molecule has 0 saturated heterocycles. The van der Waals surface area contributed by atoms with E-state index >= 15 is 0 Å². The highest BCUT2D eigenvalue weighted by molar-refractivity contribution is 7.14. The van der Waals surface area contributed by atoms with Crippen molar-refractivity contribution in [2.75, 3.05) is 11.9 Å². The first-order valence-electron chi connectivity index (χ1n) is 7.14. The lowest BCUT2D eigenvalue weighted by Crippen LogP contribution is -2.26. The summed E-state index contributed by atoms with van der Waals surface area (Å²) in [7, 11) is 1.82. The summed E-state index contributed by atoms with van der Waals surface area (Å²) in [4.78, 5) is 15.5. The molecule has 0 N–H and O–H groups in total. The molecule has 3 heteroatoms. The van der Waals surface area contributed by atoms with Gasteiger partial charge in [-0.25, -0.2) is 0 Å². The standard InChI is InChI=1S/C19H17NOS/c1-14-8-6-7-11-17(14)19(21)20(2)16-12-18(22-13-16)15-9-4-3-5-10-15/h3-13H,1-2H3. The molecule has 0 saturated carbocycles. The molecule has 1 aromatic heterocycles. The number of benzene rings is 2. The zero-order chi connectivity index (χ0) is 15.5. The second-order valence-electron chi connectivity index (χ2n) is 5.21. The molecule has 0 radical (unpaired) electrons. The molecule has 0 aliphatic carbocycles. The van der Waals surface area contributed by atoms with Crippen LogP contribution in [0.4, 0.5) is 5.69 Å². The summed E-state index contributed by atoms with van der Waals surface area (Å²) in [5.41, 5.74) is 3.85. The van der Waals surface area contributed by atoms with Crippen LogP contribution in [-0.2, 0) is 0 Å². The van der Waals surface area contributed by atoms with Crippen molar-refractivity contribution in [1.29, 1.82) is 0 Å². The van der Waals surface area contributed by atoms with E-state index in [1.54, 1.807) is 16.2 Å². The van der Waals surface area contributed by atoms with Gasteiger partial charge in [-0.15, -0.1) is 11.3 Å². The number of aryl methyl sites for hydroxylation is 1. The van der Waals surface area contributed by atoms with E-state index in [0.29, 0.717) is 0 Å². The molecular weight excluding hydrogens is 290 g/mol. The predicted molar refractivity (Wildman–Crippen MR) is 93.7 cm³/mol.